The summed E-state index contributed by atoms with van der Waals surface area (Å²) < 4.78 is 5.09. The van der Waals surface area contributed by atoms with E-state index in [2.05, 4.69) is 11.8 Å². The molecule has 1 aliphatic rings. The molecule has 1 aliphatic heterocycles. The third-order valence-electron chi connectivity index (χ3n) is 4.08. The van der Waals surface area contributed by atoms with Crippen molar-refractivity contribution in [3.05, 3.63) is 44.8 Å². The summed E-state index contributed by atoms with van der Waals surface area (Å²) in [5, 5.41) is 12.0. The third-order valence-corrected chi connectivity index (χ3v) is 4.08. The van der Waals surface area contributed by atoms with Crippen LogP contribution in [0.4, 0.5) is 11.4 Å². The molecular weight excluding hydrogens is 286 g/mol. The topological polar surface area (TPSA) is 79.8 Å². The summed E-state index contributed by atoms with van der Waals surface area (Å²) in [6.45, 7) is 5.99. The molecule has 2 heterocycles. The highest BCUT2D eigenvalue weighted by Gasteiger charge is 2.30. The molecule has 7 nitrogen and oxygen atoms in total. The smallest absolute Gasteiger partial charge is 0.417 e. The molecule has 0 aliphatic carbocycles. The van der Waals surface area contributed by atoms with E-state index in [-0.39, 0.29) is 0 Å². The maximum absolute atomic E-state index is 12.0. The second kappa shape index (κ2) is 5.76. The van der Waals surface area contributed by atoms with Crippen LogP contribution in [0.1, 0.15) is 6.92 Å². The highest BCUT2D eigenvalue weighted by atomic mass is 16.6. The molecule has 1 fully saturated rings. The molecule has 0 N–H and O–H groups in total. The van der Waals surface area contributed by atoms with Crippen LogP contribution < -0.4 is 10.5 Å². The number of hydrogen-bond donors (Lipinski definition) is 0. The predicted molar refractivity (Wildman–Crippen MR) is 83.5 cm³/mol. The summed E-state index contributed by atoms with van der Waals surface area (Å²) >= 11 is 0. The van der Waals surface area contributed by atoms with Gasteiger partial charge in [0.15, 0.2) is 0 Å². The van der Waals surface area contributed by atoms with E-state index >= 15 is 0 Å². The van der Waals surface area contributed by atoms with E-state index in [4.69, 9.17) is 4.42 Å². The second-order valence-corrected chi connectivity index (χ2v) is 5.26. The Morgan fingerprint density at radius 3 is 2.55 bits per heavy atom. The lowest BCUT2D eigenvalue weighted by molar-refractivity contribution is -0.386. The Kier molecular flexibility index (Phi) is 3.81. The zero-order valence-electron chi connectivity index (χ0n) is 12.3. The molecular formula is C15H17N3O4. The average molecular weight is 303 g/mol. The van der Waals surface area contributed by atoms with Gasteiger partial charge in [-0.3, -0.25) is 10.1 Å². The van der Waals surface area contributed by atoms with Crippen molar-refractivity contribution in [1.29, 1.82) is 0 Å². The van der Waals surface area contributed by atoms with Crippen LogP contribution in [0.25, 0.3) is 11.0 Å². The van der Waals surface area contributed by atoms with Gasteiger partial charge in [-0.1, -0.05) is 19.1 Å². The first-order chi connectivity index (χ1) is 10.6. The molecule has 0 bridgehead atoms. The number of benzene rings is 1. The van der Waals surface area contributed by atoms with E-state index in [9.17, 15) is 14.9 Å². The largest absolute Gasteiger partial charge is 0.418 e. The van der Waals surface area contributed by atoms with Gasteiger partial charge in [0.05, 0.1) is 4.92 Å². The maximum Gasteiger partial charge on any atom is 0.417 e. The molecule has 0 unspecified atom stereocenters. The van der Waals surface area contributed by atoms with Crippen LogP contribution in [0.2, 0.25) is 0 Å². The van der Waals surface area contributed by atoms with Crippen LogP contribution in [0.15, 0.2) is 33.5 Å². The van der Waals surface area contributed by atoms with Crippen LogP contribution in [-0.2, 0) is 0 Å². The molecule has 1 aromatic heterocycles. The van der Waals surface area contributed by atoms with E-state index in [1.54, 1.807) is 24.3 Å². The first kappa shape index (κ1) is 14.5. The van der Waals surface area contributed by atoms with Crippen molar-refractivity contribution in [3.63, 3.8) is 0 Å². The number of fused-ring (bicyclic) bond motifs is 1. The van der Waals surface area contributed by atoms with Gasteiger partial charge in [-0.15, -0.1) is 0 Å². The van der Waals surface area contributed by atoms with Crippen molar-refractivity contribution >= 4 is 22.3 Å². The number of para-hydroxylation sites is 1. The van der Waals surface area contributed by atoms with Crippen molar-refractivity contribution in [1.82, 2.24) is 4.90 Å². The molecule has 3 rings (SSSR count). The second-order valence-electron chi connectivity index (χ2n) is 5.26. The molecule has 7 heteroatoms. The fraction of sp³-hybridized carbons (Fsp3) is 0.400. The van der Waals surface area contributed by atoms with Gasteiger partial charge in [0, 0.05) is 31.6 Å². The van der Waals surface area contributed by atoms with Gasteiger partial charge in [0.2, 0.25) is 0 Å². The van der Waals surface area contributed by atoms with E-state index in [1.807, 2.05) is 4.90 Å². The number of piperazine rings is 1. The first-order valence-electron chi connectivity index (χ1n) is 7.29. The van der Waals surface area contributed by atoms with Crippen molar-refractivity contribution < 1.29 is 9.34 Å². The third kappa shape index (κ3) is 2.43. The van der Waals surface area contributed by atoms with Gasteiger partial charge in [0.25, 0.3) is 0 Å². The van der Waals surface area contributed by atoms with E-state index < -0.39 is 16.2 Å². The summed E-state index contributed by atoms with van der Waals surface area (Å²) in [7, 11) is 0. The summed E-state index contributed by atoms with van der Waals surface area (Å²) in [5.41, 5.74) is -0.598. The molecule has 2 aromatic rings. The van der Waals surface area contributed by atoms with E-state index in [0.717, 1.165) is 19.6 Å². The van der Waals surface area contributed by atoms with Gasteiger partial charge in [-0.05, 0) is 18.7 Å². The van der Waals surface area contributed by atoms with Gasteiger partial charge in [-0.2, -0.15) is 0 Å². The molecule has 1 saturated heterocycles. The molecule has 0 atom stereocenters. The molecule has 0 spiro atoms. The molecule has 0 radical (unpaired) electrons. The predicted octanol–water partition coefficient (Wildman–Crippen LogP) is 1.84. The summed E-state index contributed by atoms with van der Waals surface area (Å²) in [5.74, 6) is 0. The highest BCUT2D eigenvalue weighted by Crippen LogP contribution is 2.33. The minimum atomic E-state index is -0.892. The van der Waals surface area contributed by atoms with Crippen molar-refractivity contribution in [2.75, 3.05) is 37.6 Å². The fourth-order valence-corrected chi connectivity index (χ4v) is 2.89. The zero-order valence-corrected chi connectivity index (χ0v) is 12.3. The molecule has 22 heavy (non-hydrogen) atoms. The van der Waals surface area contributed by atoms with Gasteiger partial charge < -0.3 is 14.2 Å². The maximum atomic E-state index is 12.0. The minimum Gasteiger partial charge on any atom is -0.418 e. The number of nitro groups is 1. The van der Waals surface area contributed by atoms with Crippen LogP contribution in [0.3, 0.4) is 0 Å². The number of nitrogens with zero attached hydrogens (tertiary/aromatic N) is 3. The molecule has 116 valence electrons. The Morgan fingerprint density at radius 2 is 1.91 bits per heavy atom. The Balaban J connectivity index is 2.16. The van der Waals surface area contributed by atoms with E-state index in [0.29, 0.717) is 29.7 Å². The zero-order chi connectivity index (χ0) is 15.7. The van der Waals surface area contributed by atoms with Gasteiger partial charge >= 0.3 is 11.3 Å². The molecule has 1 aromatic carbocycles. The lowest BCUT2D eigenvalue weighted by Crippen LogP contribution is -2.46. The lowest BCUT2D eigenvalue weighted by atomic mass is 10.1. The highest BCUT2D eigenvalue weighted by molar-refractivity contribution is 5.95. The summed E-state index contributed by atoms with van der Waals surface area (Å²) in [6.07, 6.45) is 0. The van der Waals surface area contributed by atoms with Gasteiger partial charge in [0.1, 0.15) is 11.3 Å². The van der Waals surface area contributed by atoms with Crippen molar-refractivity contribution in [2.24, 2.45) is 0 Å². The normalized spacial score (nSPS) is 16.1. The minimum absolute atomic E-state index is 0.381. The Labute approximate surface area is 126 Å². The standard InChI is InChI=1S/C15H17N3O4/c1-2-16-7-9-17(10-8-16)13-11-5-3-4-6-12(11)22-15(19)14(13)18(20)21/h3-6H,2,7-10H2,1H3. The summed E-state index contributed by atoms with van der Waals surface area (Å²) in [6, 6.07) is 6.95. The molecule has 0 amide bonds. The average Bonchev–Trinajstić information content (AvgIpc) is 2.53. The van der Waals surface area contributed by atoms with Crippen LogP contribution >= 0.6 is 0 Å². The monoisotopic (exact) mass is 303 g/mol. The Bertz CT molecular complexity index is 763. The quantitative estimate of drug-likeness (QED) is 0.489. The van der Waals surface area contributed by atoms with Gasteiger partial charge in [-0.25, -0.2) is 4.79 Å². The van der Waals surface area contributed by atoms with Crippen LogP contribution in [0.5, 0.6) is 0 Å². The SMILES string of the molecule is CCN1CCN(c2c([N+](=O)[O-])c(=O)oc3ccccc23)CC1. The number of anilines is 1. The Hall–Kier alpha value is -2.41. The van der Waals surface area contributed by atoms with Crippen molar-refractivity contribution in [3.8, 4) is 0 Å². The lowest BCUT2D eigenvalue weighted by Gasteiger charge is -2.35. The van der Waals surface area contributed by atoms with Crippen LogP contribution in [-0.4, -0.2) is 42.5 Å². The van der Waals surface area contributed by atoms with E-state index in [1.165, 1.54) is 0 Å². The number of hydrogen-bond acceptors (Lipinski definition) is 6. The first-order valence-corrected chi connectivity index (χ1v) is 7.29. The fourth-order valence-electron chi connectivity index (χ4n) is 2.89. The van der Waals surface area contributed by atoms with Crippen LogP contribution in [0, 0.1) is 10.1 Å². The molecule has 0 saturated carbocycles. The number of rotatable bonds is 3. The Morgan fingerprint density at radius 1 is 1.23 bits per heavy atom. The van der Waals surface area contributed by atoms with Crippen molar-refractivity contribution in [2.45, 2.75) is 6.92 Å². The number of likely N-dealkylation sites (N-methyl/N-ethyl adjacent to an activating group) is 1. The summed E-state index contributed by atoms with van der Waals surface area (Å²) in [4.78, 5) is 26.9.